The fourth-order valence-electron chi connectivity index (χ4n) is 2.27. The van der Waals surface area contributed by atoms with Gasteiger partial charge in [-0.2, -0.15) is 5.10 Å². The van der Waals surface area contributed by atoms with Gasteiger partial charge in [0.25, 0.3) is 5.91 Å². The lowest BCUT2D eigenvalue weighted by Gasteiger charge is -2.13. The number of nitrogens with zero attached hydrogens (tertiary/aromatic N) is 2. The molecule has 0 bridgehead atoms. The summed E-state index contributed by atoms with van der Waals surface area (Å²) in [5.74, 6) is 1.18. The molecule has 0 fully saturated rings. The van der Waals surface area contributed by atoms with Crippen LogP contribution in [0.1, 0.15) is 28.7 Å². The second kappa shape index (κ2) is 6.98. The van der Waals surface area contributed by atoms with Gasteiger partial charge in [-0.15, -0.1) is 0 Å². The van der Waals surface area contributed by atoms with Gasteiger partial charge in [0.1, 0.15) is 17.2 Å². The summed E-state index contributed by atoms with van der Waals surface area (Å²) in [6, 6.07) is 7.32. The third-order valence-electron chi connectivity index (χ3n) is 3.48. The summed E-state index contributed by atoms with van der Waals surface area (Å²) in [5, 5.41) is 7.16. The highest BCUT2D eigenvalue weighted by atomic mass is 16.5. The predicted octanol–water partition coefficient (Wildman–Crippen LogP) is 1.93. The second-order valence-electron chi connectivity index (χ2n) is 4.82. The van der Waals surface area contributed by atoms with E-state index in [9.17, 15) is 4.79 Å². The fourth-order valence-corrected chi connectivity index (χ4v) is 2.27. The Labute approximate surface area is 130 Å². The third-order valence-corrected chi connectivity index (χ3v) is 3.48. The Bertz CT molecular complexity index is 642. The molecule has 2 aromatic rings. The van der Waals surface area contributed by atoms with Gasteiger partial charge < -0.3 is 14.8 Å². The van der Waals surface area contributed by atoms with Crippen LogP contribution in [0, 0.1) is 0 Å². The van der Waals surface area contributed by atoms with Gasteiger partial charge in [0, 0.05) is 7.05 Å². The van der Waals surface area contributed by atoms with E-state index in [-0.39, 0.29) is 5.91 Å². The highest BCUT2D eigenvalue weighted by Crippen LogP contribution is 2.27. The molecule has 0 aliphatic heterocycles. The van der Waals surface area contributed by atoms with Crippen LogP contribution in [0.3, 0.4) is 0 Å². The quantitative estimate of drug-likeness (QED) is 0.885. The number of methoxy groups -OCH3 is 2. The van der Waals surface area contributed by atoms with Crippen molar-refractivity contribution in [2.45, 2.75) is 19.9 Å². The van der Waals surface area contributed by atoms with E-state index in [0.29, 0.717) is 23.7 Å². The molecule has 0 atom stereocenters. The molecule has 1 aromatic heterocycles. The lowest BCUT2D eigenvalue weighted by atomic mass is 10.1. The van der Waals surface area contributed by atoms with Gasteiger partial charge >= 0.3 is 0 Å². The third kappa shape index (κ3) is 3.21. The molecule has 1 aromatic carbocycles. The molecule has 0 aliphatic carbocycles. The van der Waals surface area contributed by atoms with Crippen molar-refractivity contribution in [3.63, 3.8) is 0 Å². The number of hydrogen-bond acceptors (Lipinski definition) is 4. The van der Waals surface area contributed by atoms with E-state index < -0.39 is 0 Å². The fraction of sp³-hybridized carbons (Fsp3) is 0.375. The Morgan fingerprint density at radius 3 is 2.41 bits per heavy atom. The van der Waals surface area contributed by atoms with Crippen molar-refractivity contribution in [1.29, 1.82) is 0 Å². The first kappa shape index (κ1) is 15.9. The topological polar surface area (TPSA) is 65.4 Å². The number of aromatic nitrogens is 2. The Kier molecular flexibility index (Phi) is 5.04. The first-order valence-corrected chi connectivity index (χ1v) is 7.11. The van der Waals surface area contributed by atoms with Crippen LogP contribution in [0.2, 0.25) is 0 Å². The zero-order chi connectivity index (χ0) is 16.1. The van der Waals surface area contributed by atoms with Crippen molar-refractivity contribution in [3.05, 3.63) is 41.2 Å². The van der Waals surface area contributed by atoms with Crippen LogP contribution in [-0.4, -0.2) is 29.9 Å². The molecule has 0 radical (unpaired) electrons. The van der Waals surface area contributed by atoms with E-state index in [0.717, 1.165) is 17.7 Å². The Hall–Kier alpha value is -2.50. The average Bonchev–Trinajstić information content (AvgIpc) is 2.93. The number of amides is 1. The molecule has 0 aliphatic rings. The normalized spacial score (nSPS) is 10.4. The number of ether oxygens (including phenoxy) is 2. The Balaban J connectivity index is 2.16. The van der Waals surface area contributed by atoms with Gasteiger partial charge in [-0.1, -0.05) is 13.0 Å². The maximum Gasteiger partial charge on any atom is 0.269 e. The maximum atomic E-state index is 12.3. The molecule has 1 amide bonds. The predicted molar refractivity (Wildman–Crippen MR) is 83.3 cm³/mol. The van der Waals surface area contributed by atoms with E-state index in [2.05, 4.69) is 10.4 Å². The van der Waals surface area contributed by atoms with Crippen molar-refractivity contribution in [1.82, 2.24) is 15.1 Å². The summed E-state index contributed by atoms with van der Waals surface area (Å²) in [7, 11) is 4.95. The zero-order valence-electron chi connectivity index (χ0n) is 13.3. The van der Waals surface area contributed by atoms with Crippen LogP contribution in [0.4, 0.5) is 0 Å². The van der Waals surface area contributed by atoms with Crippen LogP contribution in [-0.2, 0) is 20.0 Å². The highest BCUT2D eigenvalue weighted by Gasteiger charge is 2.15. The zero-order valence-corrected chi connectivity index (χ0v) is 13.3. The Morgan fingerprint density at radius 1 is 1.27 bits per heavy atom. The van der Waals surface area contributed by atoms with Gasteiger partial charge in [-0.25, -0.2) is 0 Å². The van der Waals surface area contributed by atoms with Crippen molar-refractivity contribution in [2.24, 2.45) is 7.05 Å². The van der Waals surface area contributed by atoms with Crippen molar-refractivity contribution < 1.29 is 14.3 Å². The molecule has 1 N–H and O–H groups in total. The second-order valence-corrected chi connectivity index (χ2v) is 4.82. The number of hydrogen-bond donors (Lipinski definition) is 1. The van der Waals surface area contributed by atoms with Crippen LogP contribution in [0.5, 0.6) is 11.5 Å². The van der Waals surface area contributed by atoms with Crippen LogP contribution in [0.25, 0.3) is 0 Å². The summed E-state index contributed by atoms with van der Waals surface area (Å²) in [6.07, 6.45) is 0.793. The smallest absolute Gasteiger partial charge is 0.269 e. The summed E-state index contributed by atoms with van der Waals surface area (Å²) in [4.78, 5) is 12.3. The summed E-state index contributed by atoms with van der Waals surface area (Å²) in [5.41, 5.74) is 2.23. The van der Waals surface area contributed by atoms with Crippen LogP contribution < -0.4 is 14.8 Å². The molecule has 2 rings (SSSR count). The molecule has 1 heterocycles. The summed E-state index contributed by atoms with van der Waals surface area (Å²) >= 11 is 0. The number of rotatable bonds is 6. The van der Waals surface area contributed by atoms with Crippen molar-refractivity contribution in [2.75, 3.05) is 14.2 Å². The van der Waals surface area contributed by atoms with Crippen LogP contribution in [0.15, 0.2) is 24.3 Å². The summed E-state index contributed by atoms with van der Waals surface area (Å²) < 4.78 is 12.2. The summed E-state index contributed by atoms with van der Waals surface area (Å²) in [6.45, 7) is 2.32. The molecule has 0 saturated heterocycles. The molecule has 118 valence electrons. The number of carbonyl (C=O) groups excluding carboxylic acids is 1. The molecule has 0 saturated carbocycles. The lowest BCUT2D eigenvalue weighted by Crippen LogP contribution is -2.25. The van der Waals surface area contributed by atoms with Crippen molar-refractivity contribution in [3.8, 4) is 11.5 Å². The standard InChI is InChI=1S/C16H21N3O3/c1-5-11-9-13(19(2)18-11)16(20)17-10-12-14(21-3)7-6-8-15(12)22-4/h6-9H,5,10H2,1-4H3,(H,17,20). The van der Waals surface area contributed by atoms with E-state index in [1.807, 2.05) is 25.1 Å². The first-order chi connectivity index (χ1) is 10.6. The van der Waals surface area contributed by atoms with E-state index in [1.165, 1.54) is 0 Å². The minimum atomic E-state index is -0.178. The molecule has 22 heavy (non-hydrogen) atoms. The van der Waals surface area contributed by atoms with Gasteiger partial charge in [-0.05, 0) is 24.6 Å². The molecule has 6 nitrogen and oxygen atoms in total. The SMILES string of the molecule is CCc1cc(C(=O)NCc2c(OC)cccc2OC)n(C)n1. The van der Waals surface area contributed by atoms with E-state index in [4.69, 9.17) is 9.47 Å². The molecular formula is C16H21N3O3. The lowest BCUT2D eigenvalue weighted by molar-refractivity contribution is 0.0941. The largest absolute Gasteiger partial charge is 0.496 e. The van der Waals surface area contributed by atoms with E-state index >= 15 is 0 Å². The molecule has 0 spiro atoms. The number of carbonyl (C=O) groups is 1. The van der Waals surface area contributed by atoms with E-state index in [1.54, 1.807) is 32.0 Å². The van der Waals surface area contributed by atoms with Crippen molar-refractivity contribution >= 4 is 5.91 Å². The van der Waals surface area contributed by atoms with Crippen LogP contribution >= 0.6 is 0 Å². The first-order valence-electron chi connectivity index (χ1n) is 7.11. The van der Waals surface area contributed by atoms with Gasteiger partial charge in [0.15, 0.2) is 0 Å². The highest BCUT2D eigenvalue weighted by molar-refractivity contribution is 5.92. The monoisotopic (exact) mass is 303 g/mol. The number of nitrogens with one attached hydrogen (secondary N) is 1. The van der Waals surface area contributed by atoms with Gasteiger partial charge in [-0.3, -0.25) is 9.48 Å². The van der Waals surface area contributed by atoms with Gasteiger partial charge in [0.05, 0.1) is 32.0 Å². The average molecular weight is 303 g/mol. The maximum absolute atomic E-state index is 12.3. The minimum absolute atomic E-state index is 0.178. The molecule has 6 heteroatoms. The minimum Gasteiger partial charge on any atom is -0.496 e. The number of benzene rings is 1. The number of aryl methyl sites for hydroxylation is 2. The Morgan fingerprint density at radius 2 is 1.91 bits per heavy atom. The molecule has 0 unspecified atom stereocenters. The van der Waals surface area contributed by atoms with Gasteiger partial charge in [0.2, 0.25) is 0 Å². The molecular weight excluding hydrogens is 282 g/mol.